The number of fused-ring (bicyclic) bond motifs is 3. The molecule has 1 aromatic rings. The van der Waals surface area contributed by atoms with Crippen LogP contribution in [0.4, 0.5) is 15.3 Å². The maximum absolute atomic E-state index is 14.3. The van der Waals surface area contributed by atoms with Crippen LogP contribution in [0.25, 0.3) is 0 Å². The van der Waals surface area contributed by atoms with Gasteiger partial charge in [0, 0.05) is 24.1 Å². The van der Waals surface area contributed by atoms with Crippen molar-refractivity contribution in [3.05, 3.63) is 33.9 Å². The predicted molar refractivity (Wildman–Crippen MR) is 139 cm³/mol. The van der Waals surface area contributed by atoms with Gasteiger partial charge in [0.2, 0.25) is 0 Å². The number of carbonyl (C=O) groups is 2. The SMILES string of the molecule is CC(C)(C)OC(=O)N(C(=O)OC(C)(C)C)C1=NC2c3cc([N+](=O)[O-])ccc3OCCC2(C)S(=O)(=O)C1(C)C. The van der Waals surface area contributed by atoms with Gasteiger partial charge in [0.15, 0.2) is 9.84 Å². The molecule has 1 aromatic carbocycles. The van der Waals surface area contributed by atoms with E-state index < -0.39 is 59.5 Å². The summed E-state index contributed by atoms with van der Waals surface area (Å²) in [4.78, 5) is 42.9. The van der Waals surface area contributed by atoms with Crippen LogP contribution in [0.2, 0.25) is 0 Å². The largest absolute Gasteiger partial charge is 0.493 e. The highest BCUT2D eigenvalue weighted by molar-refractivity contribution is 7.95. The highest BCUT2D eigenvalue weighted by atomic mass is 32.2. The van der Waals surface area contributed by atoms with Crippen molar-refractivity contribution in [2.45, 2.75) is 95.5 Å². The minimum Gasteiger partial charge on any atom is -0.493 e. The van der Waals surface area contributed by atoms with Gasteiger partial charge >= 0.3 is 12.2 Å². The molecule has 38 heavy (non-hydrogen) atoms. The number of amides is 2. The predicted octanol–water partition coefficient (Wildman–Crippen LogP) is 4.95. The monoisotopic (exact) mass is 553 g/mol. The first-order valence-corrected chi connectivity index (χ1v) is 13.6. The zero-order chi connectivity index (χ0) is 29.1. The number of nitro groups is 1. The van der Waals surface area contributed by atoms with Crippen LogP contribution in [0.1, 0.15) is 80.3 Å². The lowest BCUT2D eigenvalue weighted by Crippen LogP contribution is -2.64. The van der Waals surface area contributed by atoms with E-state index in [-0.39, 0.29) is 30.0 Å². The van der Waals surface area contributed by atoms with Crippen LogP contribution in [-0.4, -0.2) is 63.6 Å². The maximum Gasteiger partial charge on any atom is 0.425 e. The van der Waals surface area contributed by atoms with E-state index in [1.54, 1.807) is 41.5 Å². The Bertz CT molecular complexity index is 1280. The van der Waals surface area contributed by atoms with Gasteiger partial charge in [0.05, 0.1) is 11.5 Å². The number of ether oxygens (including phenoxy) is 3. The Balaban J connectivity index is 2.36. The van der Waals surface area contributed by atoms with Gasteiger partial charge in [-0.25, -0.2) is 18.0 Å². The van der Waals surface area contributed by atoms with Crippen molar-refractivity contribution in [2.75, 3.05) is 6.61 Å². The Labute approximate surface area is 222 Å². The number of rotatable bonds is 1. The van der Waals surface area contributed by atoms with E-state index in [0.29, 0.717) is 4.90 Å². The lowest BCUT2D eigenvalue weighted by molar-refractivity contribution is -0.385. The fourth-order valence-corrected chi connectivity index (χ4v) is 6.86. The minimum atomic E-state index is -4.25. The molecule has 12 nitrogen and oxygen atoms in total. The summed E-state index contributed by atoms with van der Waals surface area (Å²) in [7, 11) is -4.25. The van der Waals surface area contributed by atoms with E-state index >= 15 is 0 Å². The fraction of sp³-hybridized carbons (Fsp3) is 0.640. The first kappa shape index (κ1) is 29.3. The molecule has 2 aliphatic heterocycles. The van der Waals surface area contributed by atoms with Crippen molar-refractivity contribution in [1.82, 2.24) is 4.90 Å². The lowest BCUT2D eigenvalue weighted by atomic mass is 9.90. The van der Waals surface area contributed by atoms with Gasteiger partial charge in [-0.2, -0.15) is 4.90 Å². The molecular weight excluding hydrogens is 518 g/mol. The number of sulfone groups is 1. The molecule has 3 rings (SSSR count). The van der Waals surface area contributed by atoms with Crippen LogP contribution in [0.15, 0.2) is 23.2 Å². The number of imide groups is 1. The summed E-state index contributed by atoms with van der Waals surface area (Å²) in [5.74, 6) is -0.189. The van der Waals surface area contributed by atoms with Crippen molar-refractivity contribution in [3.8, 4) is 5.75 Å². The summed E-state index contributed by atoms with van der Waals surface area (Å²) in [6.45, 7) is 13.8. The molecule has 2 unspecified atom stereocenters. The van der Waals surface area contributed by atoms with Crippen LogP contribution in [0.5, 0.6) is 5.75 Å². The van der Waals surface area contributed by atoms with E-state index in [4.69, 9.17) is 14.2 Å². The van der Waals surface area contributed by atoms with E-state index in [2.05, 4.69) is 4.99 Å². The zero-order valence-electron chi connectivity index (χ0n) is 23.1. The molecule has 0 saturated carbocycles. The molecule has 0 aliphatic carbocycles. The number of nitro benzene ring substituents is 1. The Morgan fingerprint density at radius 1 is 1.08 bits per heavy atom. The third kappa shape index (κ3) is 5.07. The minimum absolute atomic E-state index is 0.0137. The second-order valence-corrected chi connectivity index (χ2v) is 15.0. The topological polar surface area (TPSA) is 155 Å². The number of hydrogen-bond acceptors (Lipinski definition) is 10. The molecule has 0 fully saturated rings. The Kier molecular flexibility index (Phi) is 7.11. The number of hydrogen-bond donors (Lipinski definition) is 0. The van der Waals surface area contributed by atoms with Gasteiger partial charge in [-0.05, 0) is 68.4 Å². The lowest BCUT2D eigenvalue weighted by Gasteiger charge is -2.46. The van der Waals surface area contributed by atoms with Gasteiger partial charge in [-0.3, -0.25) is 15.1 Å². The molecule has 0 radical (unpaired) electrons. The number of benzene rings is 1. The van der Waals surface area contributed by atoms with E-state index in [0.717, 1.165) is 0 Å². The molecule has 0 spiro atoms. The maximum atomic E-state index is 14.3. The van der Waals surface area contributed by atoms with E-state index in [1.807, 2.05) is 0 Å². The molecule has 13 heteroatoms. The highest BCUT2D eigenvalue weighted by Gasteiger charge is 2.62. The molecule has 0 aromatic heterocycles. The number of nitrogens with zero attached hydrogens (tertiary/aromatic N) is 3. The summed E-state index contributed by atoms with van der Waals surface area (Å²) in [6.07, 6.45) is -2.32. The molecule has 0 saturated heterocycles. The van der Waals surface area contributed by atoms with Gasteiger partial charge in [0.25, 0.3) is 5.69 Å². The summed E-state index contributed by atoms with van der Waals surface area (Å²) in [6, 6.07) is 2.62. The molecular formula is C25H35N3O9S. The summed E-state index contributed by atoms with van der Waals surface area (Å²) < 4.78 is 41.8. The van der Waals surface area contributed by atoms with Crippen molar-refractivity contribution in [2.24, 2.45) is 4.99 Å². The molecule has 2 atom stereocenters. The van der Waals surface area contributed by atoms with Crippen LogP contribution >= 0.6 is 0 Å². The van der Waals surface area contributed by atoms with Crippen molar-refractivity contribution >= 4 is 33.5 Å². The van der Waals surface area contributed by atoms with Crippen LogP contribution in [-0.2, 0) is 19.3 Å². The van der Waals surface area contributed by atoms with Gasteiger partial charge < -0.3 is 14.2 Å². The van der Waals surface area contributed by atoms with Crippen LogP contribution in [0.3, 0.4) is 0 Å². The third-order valence-corrected chi connectivity index (χ3v) is 9.55. The summed E-state index contributed by atoms with van der Waals surface area (Å²) in [5, 5.41) is 11.5. The molecule has 0 bridgehead atoms. The van der Waals surface area contributed by atoms with E-state index in [9.17, 15) is 28.1 Å². The van der Waals surface area contributed by atoms with Gasteiger partial charge in [-0.1, -0.05) is 0 Å². The molecule has 2 heterocycles. The molecule has 2 aliphatic rings. The van der Waals surface area contributed by atoms with Crippen molar-refractivity contribution < 1.29 is 37.1 Å². The second-order valence-electron chi connectivity index (χ2n) is 12.1. The summed E-state index contributed by atoms with van der Waals surface area (Å²) in [5.41, 5.74) is -2.20. The fourth-order valence-electron chi connectivity index (χ4n) is 4.48. The molecule has 210 valence electrons. The van der Waals surface area contributed by atoms with Crippen molar-refractivity contribution in [1.29, 1.82) is 0 Å². The third-order valence-electron chi connectivity index (χ3n) is 6.37. The second kappa shape index (κ2) is 9.21. The first-order chi connectivity index (χ1) is 17.1. The van der Waals surface area contributed by atoms with Gasteiger partial charge in [-0.15, -0.1) is 0 Å². The Morgan fingerprint density at radius 2 is 1.61 bits per heavy atom. The van der Waals surface area contributed by atoms with Gasteiger partial charge in [0.1, 0.15) is 38.3 Å². The average Bonchev–Trinajstić information content (AvgIpc) is 2.86. The molecule has 2 amide bonds. The van der Waals surface area contributed by atoms with Crippen LogP contribution in [0, 0.1) is 10.1 Å². The number of carbonyl (C=O) groups excluding carboxylic acids is 2. The number of aliphatic imine (C=N–C) groups is 1. The first-order valence-electron chi connectivity index (χ1n) is 12.1. The average molecular weight is 554 g/mol. The summed E-state index contributed by atoms with van der Waals surface area (Å²) >= 11 is 0. The number of amidine groups is 1. The Morgan fingerprint density at radius 3 is 2.08 bits per heavy atom. The zero-order valence-corrected chi connectivity index (χ0v) is 24.0. The quantitative estimate of drug-likeness (QED) is 0.347. The highest BCUT2D eigenvalue weighted by Crippen LogP contribution is 2.52. The number of non-ortho nitro benzene ring substituents is 1. The van der Waals surface area contributed by atoms with Crippen LogP contribution < -0.4 is 4.74 Å². The standard InChI is InChI=1S/C25H35N3O9S/c1-22(2,3)36-20(29)27(21(30)37-23(4,5)6)19-24(7,8)38(33,34)25(9)12-13-35-17-11-10-15(28(31)32)14-16(17)18(25)26-19/h10-11,14,18H,12-13H2,1-9H3. The smallest absolute Gasteiger partial charge is 0.425 e. The van der Waals surface area contributed by atoms with E-state index in [1.165, 1.54) is 39.0 Å². The molecule has 0 N–H and O–H groups in total. The van der Waals surface area contributed by atoms with Crippen molar-refractivity contribution in [3.63, 3.8) is 0 Å². The Hall–Kier alpha value is -3.22. The normalized spacial score (nSPS) is 23.9.